The average Bonchev–Trinajstić information content (AvgIpc) is 2.85. The van der Waals surface area contributed by atoms with E-state index in [0.717, 1.165) is 11.1 Å². The third-order valence-corrected chi connectivity index (χ3v) is 5.42. The first kappa shape index (κ1) is 21.8. The largest absolute Gasteiger partial charge is 0.497 e. The first-order valence-corrected chi connectivity index (χ1v) is 10.5. The molecule has 1 unspecified atom stereocenters. The first-order chi connectivity index (χ1) is 16.0. The summed E-state index contributed by atoms with van der Waals surface area (Å²) in [5, 5.41) is 7.38. The van der Waals surface area contributed by atoms with Crippen molar-refractivity contribution in [2.24, 2.45) is 0 Å². The number of anilines is 2. The number of amides is 1. The van der Waals surface area contributed by atoms with E-state index in [4.69, 9.17) is 10.5 Å². The standard InChI is InChI=1S/C26H24N4O3/c1-17(30-25(31)15-14-23(29-30)20-6-5-7-21(16-20)33-2)18-10-12-19(13-11-18)26(32)28-24-9-4-3-8-22(24)27/h3-17H,27H2,1-2H3,(H,28,32). The lowest BCUT2D eigenvalue weighted by Crippen LogP contribution is -2.26. The normalized spacial score (nSPS) is 11.6. The van der Waals surface area contributed by atoms with E-state index < -0.39 is 0 Å². The predicted octanol–water partition coefficient (Wildman–Crippen LogP) is 4.36. The number of nitrogens with zero attached hydrogens (tertiary/aromatic N) is 2. The molecule has 0 fully saturated rings. The topological polar surface area (TPSA) is 99.2 Å². The summed E-state index contributed by atoms with van der Waals surface area (Å²) in [6, 6.07) is 24.6. The zero-order valence-electron chi connectivity index (χ0n) is 18.4. The fraction of sp³-hybridized carbons (Fsp3) is 0.115. The number of nitrogens with one attached hydrogen (secondary N) is 1. The van der Waals surface area contributed by atoms with Crippen LogP contribution in [0.1, 0.15) is 28.9 Å². The molecule has 166 valence electrons. The Morgan fingerprint density at radius 1 is 1.00 bits per heavy atom. The number of carbonyl (C=O) groups is 1. The van der Waals surface area contributed by atoms with Crippen LogP contribution in [0, 0.1) is 0 Å². The summed E-state index contributed by atoms with van der Waals surface area (Å²) in [7, 11) is 1.61. The van der Waals surface area contributed by atoms with Gasteiger partial charge in [-0.2, -0.15) is 5.10 Å². The van der Waals surface area contributed by atoms with Gasteiger partial charge in [0.15, 0.2) is 0 Å². The Balaban J connectivity index is 1.57. The van der Waals surface area contributed by atoms with Gasteiger partial charge in [-0.3, -0.25) is 9.59 Å². The molecule has 3 N–H and O–H groups in total. The van der Waals surface area contributed by atoms with E-state index >= 15 is 0 Å². The maximum Gasteiger partial charge on any atom is 0.267 e. The van der Waals surface area contributed by atoms with Crippen LogP contribution in [-0.4, -0.2) is 22.8 Å². The second-order valence-corrected chi connectivity index (χ2v) is 7.57. The Morgan fingerprint density at radius 2 is 1.76 bits per heavy atom. The van der Waals surface area contributed by atoms with Crippen LogP contribution in [0.25, 0.3) is 11.3 Å². The van der Waals surface area contributed by atoms with E-state index in [9.17, 15) is 9.59 Å². The van der Waals surface area contributed by atoms with Gasteiger partial charge in [-0.25, -0.2) is 4.68 Å². The van der Waals surface area contributed by atoms with Gasteiger partial charge in [0.1, 0.15) is 5.75 Å². The highest BCUT2D eigenvalue weighted by molar-refractivity contribution is 6.05. The van der Waals surface area contributed by atoms with Gasteiger partial charge in [-0.05, 0) is 55.0 Å². The molecular weight excluding hydrogens is 416 g/mol. The predicted molar refractivity (Wildman–Crippen MR) is 130 cm³/mol. The SMILES string of the molecule is COc1cccc(-c2ccc(=O)n(C(C)c3ccc(C(=O)Nc4ccccc4N)cc3)n2)c1. The lowest BCUT2D eigenvalue weighted by Gasteiger charge is -2.16. The zero-order valence-corrected chi connectivity index (χ0v) is 18.4. The van der Waals surface area contributed by atoms with Crippen molar-refractivity contribution in [2.75, 3.05) is 18.2 Å². The molecule has 0 saturated heterocycles. The van der Waals surface area contributed by atoms with E-state index in [1.807, 2.05) is 43.3 Å². The molecule has 1 atom stereocenters. The van der Waals surface area contributed by atoms with Gasteiger partial charge in [0, 0.05) is 17.2 Å². The lowest BCUT2D eigenvalue weighted by molar-refractivity contribution is 0.102. The van der Waals surface area contributed by atoms with Gasteiger partial charge in [-0.1, -0.05) is 36.4 Å². The molecule has 0 radical (unpaired) electrons. The van der Waals surface area contributed by atoms with Crippen molar-refractivity contribution in [3.8, 4) is 17.0 Å². The van der Waals surface area contributed by atoms with Gasteiger partial charge >= 0.3 is 0 Å². The Bertz CT molecular complexity index is 1350. The fourth-order valence-corrected chi connectivity index (χ4v) is 3.50. The monoisotopic (exact) mass is 440 g/mol. The van der Waals surface area contributed by atoms with E-state index in [2.05, 4.69) is 10.4 Å². The second kappa shape index (κ2) is 9.40. The number of nitrogens with two attached hydrogens (primary N) is 1. The van der Waals surface area contributed by atoms with Crippen molar-refractivity contribution in [2.45, 2.75) is 13.0 Å². The molecule has 3 aromatic carbocycles. The van der Waals surface area contributed by atoms with Gasteiger partial charge in [-0.15, -0.1) is 0 Å². The van der Waals surface area contributed by atoms with Gasteiger partial charge in [0.2, 0.25) is 0 Å². The van der Waals surface area contributed by atoms with Gasteiger partial charge in [0.25, 0.3) is 11.5 Å². The van der Waals surface area contributed by atoms with Gasteiger partial charge < -0.3 is 15.8 Å². The van der Waals surface area contributed by atoms with Gasteiger partial charge in [0.05, 0.1) is 30.2 Å². The molecule has 0 aliphatic rings. The molecule has 0 spiro atoms. The van der Waals surface area contributed by atoms with Crippen molar-refractivity contribution in [3.05, 3.63) is 106 Å². The maximum atomic E-state index is 12.6. The van der Waals surface area contributed by atoms with Crippen LogP contribution in [0.4, 0.5) is 11.4 Å². The number of rotatable bonds is 6. The van der Waals surface area contributed by atoms with Crippen molar-refractivity contribution in [1.82, 2.24) is 9.78 Å². The number of methoxy groups -OCH3 is 1. The van der Waals surface area contributed by atoms with Crippen molar-refractivity contribution in [3.63, 3.8) is 0 Å². The van der Waals surface area contributed by atoms with Crippen molar-refractivity contribution >= 4 is 17.3 Å². The van der Waals surface area contributed by atoms with Crippen LogP contribution in [0.5, 0.6) is 5.75 Å². The highest BCUT2D eigenvalue weighted by atomic mass is 16.5. The third kappa shape index (κ3) is 4.77. The molecule has 7 heteroatoms. The lowest BCUT2D eigenvalue weighted by atomic mass is 10.1. The van der Waals surface area contributed by atoms with E-state index in [1.165, 1.54) is 10.7 Å². The van der Waals surface area contributed by atoms with Crippen LogP contribution in [0.15, 0.2) is 89.7 Å². The molecule has 33 heavy (non-hydrogen) atoms. The summed E-state index contributed by atoms with van der Waals surface area (Å²) in [6.07, 6.45) is 0. The van der Waals surface area contributed by atoms with E-state index in [0.29, 0.717) is 28.4 Å². The average molecular weight is 441 g/mol. The Labute approximate surface area is 191 Å². The van der Waals surface area contributed by atoms with Crippen LogP contribution in [-0.2, 0) is 0 Å². The molecule has 0 aliphatic heterocycles. The summed E-state index contributed by atoms with van der Waals surface area (Å²) in [4.78, 5) is 25.1. The molecule has 1 aromatic heterocycles. The number of hydrogen-bond donors (Lipinski definition) is 2. The minimum atomic E-state index is -0.329. The molecule has 0 aliphatic carbocycles. The second-order valence-electron chi connectivity index (χ2n) is 7.57. The number of ether oxygens (including phenoxy) is 1. The third-order valence-electron chi connectivity index (χ3n) is 5.42. The quantitative estimate of drug-likeness (QED) is 0.434. The molecule has 0 saturated carbocycles. The van der Waals surface area contributed by atoms with Crippen LogP contribution in [0.3, 0.4) is 0 Å². The Morgan fingerprint density at radius 3 is 2.48 bits per heavy atom. The molecule has 4 rings (SSSR count). The number of benzene rings is 3. The summed E-state index contributed by atoms with van der Waals surface area (Å²) >= 11 is 0. The minimum absolute atomic E-state index is 0.212. The number of para-hydroxylation sites is 2. The summed E-state index contributed by atoms with van der Waals surface area (Å²) in [6.45, 7) is 1.89. The molecule has 7 nitrogen and oxygen atoms in total. The van der Waals surface area contributed by atoms with Crippen LogP contribution < -0.4 is 21.3 Å². The van der Waals surface area contributed by atoms with Crippen LogP contribution >= 0.6 is 0 Å². The number of nitrogen functional groups attached to an aromatic ring is 1. The molecule has 1 heterocycles. The number of carbonyl (C=O) groups excluding carboxylic acids is 1. The van der Waals surface area contributed by atoms with Crippen LogP contribution in [0.2, 0.25) is 0 Å². The zero-order chi connectivity index (χ0) is 23.4. The Hall–Kier alpha value is -4.39. The first-order valence-electron chi connectivity index (χ1n) is 10.5. The van der Waals surface area contributed by atoms with Crippen molar-refractivity contribution < 1.29 is 9.53 Å². The van der Waals surface area contributed by atoms with E-state index in [-0.39, 0.29) is 17.5 Å². The number of hydrogen-bond acceptors (Lipinski definition) is 5. The molecular formula is C26H24N4O3. The molecule has 4 aromatic rings. The minimum Gasteiger partial charge on any atom is -0.497 e. The molecule has 0 bridgehead atoms. The highest BCUT2D eigenvalue weighted by Crippen LogP contribution is 2.23. The summed E-state index contributed by atoms with van der Waals surface area (Å²) < 4.78 is 6.72. The molecule has 1 amide bonds. The highest BCUT2D eigenvalue weighted by Gasteiger charge is 2.14. The summed E-state index contributed by atoms with van der Waals surface area (Å²) in [5.74, 6) is 0.452. The maximum absolute atomic E-state index is 12.6. The smallest absolute Gasteiger partial charge is 0.267 e. The Kier molecular flexibility index (Phi) is 6.22. The summed E-state index contributed by atoms with van der Waals surface area (Å²) in [5.41, 5.74) is 9.59. The van der Waals surface area contributed by atoms with Crippen molar-refractivity contribution in [1.29, 1.82) is 0 Å². The van der Waals surface area contributed by atoms with E-state index in [1.54, 1.807) is 49.6 Å². The number of aromatic nitrogens is 2. The fourth-order valence-electron chi connectivity index (χ4n) is 3.50.